The molecule has 1 N–H and O–H groups in total. The molecular formula is C19H20N2O2. The standard InChI is InChI=1S/C19H20N2O2/c1-4-23-18-10-9-14-7-5-6-8-16(14)17(18)11-15(12-20)19(22)21-13(2)3/h5-11,13H,4H2,1-3H3,(H,21,22)/b15-11+. The minimum absolute atomic E-state index is 0.0295. The normalized spacial score (nSPS) is 11.3. The SMILES string of the molecule is CCOc1ccc2ccccc2c1/C=C(\C#N)C(=O)NC(C)C. The number of carbonyl (C=O) groups is 1. The van der Waals surface area contributed by atoms with Crippen molar-refractivity contribution in [3.8, 4) is 11.8 Å². The van der Waals surface area contributed by atoms with Crippen LogP contribution in [0, 0.1) is 11.3 Å². The van der Waals surface area contributed by atoms with Gasteiger partial charge < -0.3 is 10.1 Å². The summed E-state index contributed by atoms with van der Waals surface area (Å²) in [5.74, 6) is 0.286. The van der Waals surface area contributed by atoms with Crippen molar-refractivity contribution >= 4 is 22.8 Å². The average molecular weight is 308 g/mol. The predicted molar refractivity (Wildman–Crippen MR) is 92.0 cm³/mol. The Labute approximate surface area is 136 Å². The molecule has 0 saturated carbocycles. The summed E-state index contributed by atoms with van der Waals surface area (Å²) in [7, 11) is 0. The molecule has 0 aliphatic carbocycles. The number of fused-ring (bicyclic) bond motifs is 1. The molecule has 0 aliphatic heterocycles. The van der Waals surface area contributed by atoms with Crippen LogP contribution in [0.2, 0.25) is 0 Å². The minimum atomic E-state index is -0.377. The van der Waals surface area contributed by atoms with Crippen molar-refractivity contribution in [1.82, 2.24) is 5.32 Å². The number of rotatable bonds is 5. The number of ether oxygens (including phenoxy) is 1. The van der Waals surface area contributed by atoms with Crippen LogP contribution < -0.4 is 10.1 Å². The van der Waals surface area contributed by atoms with Gasteiger partial charge in [-0.15, -0.1) is 0 Å². The quantitative estimate of drug-likeness (QED) is 0.677. The fraction of sp³-hybridized carbons (Fsp3) is 0.263. The second-order valence-corrected chi connectivity index (χ2v) is 5.43. The molecule has 2 aromatic carbocycles. The Kier molecular flexibility index (Phi) is 5.37. The van der Waals surface area contributed by atoms with Gasteiger partial charge in [-0.25, -0.2) is 0 Å². The van der Waals surface area contributed by atoms with E-state index in [0.717, 1.165) is 16.3 Å². The fourth-order valence-electron chi connectivity index (χ4n) is 2.34. The van der Waals surface area contributed by atoms with Gasteiger partial charge >= 0.3 is 0 Å². The van der Waals surface area contributed by atoms with Gasteiger partial charge in [-0.1, -0.05) is 30.3 Å². The molecule has 4 nitrogen and oxygen atoms in total. The molecule has 4 heteroatoms. The molecule has 0 saturated heterocycles. The second-order valence-electron chi connectivity index (χ2n) is 5.43. The van der Waals surface area contributed by atoms with Gasteiger partial charge in [0.25, 0.3) is 5.91 Å². The Bertz CT molecular complexity index is 786. The topological polar surface area (TPSA) is 62.1 Å². The van der Waals surface area contributed by atoms with E-state index in [0.29, 0.717) is 12.4 Å². The zero-order chi connectivity index (χ0) is 16.8. The van der Waals surface area contributed by atoms with Crippen molar-refractivity contribution in [2.75, 3.05) is 6.61 Å². The lowest BCUT2D eigenvalue weighted by Gasteiger charge is -2.12. The zero-order valence-electron chi connectivity index (χ0n) is 13.6. The lowest BCUT2D eigenvalue weighted by Crippen LogP contribution is -2.30. The highest BCUT2D eigenvalue weighted by Crippen LogP contribution is 2.30. The summed E-state index contributed by atoms with van der Waals surface area (Å²) in [4.78, 5) is 12.2. The number of nitriles is 1. The Morgan fingerprint density at radius 2 is 2.04 bits per heavy atom. The van der Waals surface area contributed by atoms with Crippen LogP contribution in [-0.4, -0.2) is 18.6 Å². The predicted octanol–water partition coefficient (Wildman–Crippen LogP) is 3.67. The summed E-state index contributed by atoms with van der Waals surface area (Å²) in [6, 6.07) is 13.6. The number of nitrogens with one attached hydrogen (secondary N) is 1. The van der Waals surface area contributed by atoms with E-state index >= 15 is 0 Å². The third-order valence-electron chi connectivity index (χ3n) is 3.30. The van der Waals surface area contributed by atoms with Crippen molar-refractivity contribution < 1.29 is 9.53 Å². The molecule has 23 heavy (non-hydrogen) atoms. The van der Waals surface area contributed by atoms with Crippen LogP contribution in [0.15, 0.2) is 42.0 Å². The molecule has 118 valence electrons. The van der Waals surface area contributed by atoms with E-state index in [1.807, 2.05) is 63.2 Å². The number of benzene rings is 2. The Morgan fingerprint density at radius 1 is 1.30 bits per heavy atom. The first-order chi connectivity index (χ1) is 11.1. The van der Waals surface area contributed by atoms with Gasteiger partial charge in [0, 0.05) is 11.6 Å². The molecule has 0 bridgehead atoms. The van der Waals surface area contributed by atoms with Gasteiger partial charge in [-0.2, -0.15) is 5.26 Å². The van der Waals surface area contributed by atoms with Crippen LogP contribution in [0.5, 0.6) is 5.75 Å². The lowest BCUT2D eigenvalue weighted by atomic mass is 10.0. The summed E-state index contributed by atoms with van der Waals surface area (Å²) in [6.07, 6.45) is 1.60. The molecule has 0 heterocycles. The van der Waals surface area contributed by atoms with Gasteiger partial charge in [-0.05, 0) is 43.7 Å². The number of nitrogens with zero attached hydrogens (tertiary/aromatic N) is 1. The lowest BCUT2D eigenvalue weighted by molar-refractivity contribution is -0.117. The molecule has 0 aliphatic rings. The third-order valence-corrected chi connectivity index (χ3v) is 3.30. The van der Waals surface area contributed by atoms with Crippen LogP contribution in [0.1, 0.15) is 26.3 Å². The zero-order valence-corrected chi connectivity index (χ0v) is 13.6. The van der Waals surface area contributed by atoms with Crippen LogP contribution in [-0.2, 0) is 4.79 Å². The van der Waals surface area contributed by atoms with E-state index in [4.69, 9.17) is 4.74 Å². The molecule has 0 fully saturated rings. The fourth-order valence-corrected chi connectivity index (χ4v) is 2.34. The first-order valence-corrected chi connectivity index (χ1v) is 7.64. The highest BCUT2D eigenvalue weighted by molar-refractivity contribution is 6.05. The van der Waals surface area contributed by atoms with Crippen molar-refractivity contribution in [2.24, 2.45) is 0 Å². The Balaban J connectivity index is 2.59. The van der Waals surface area contributed by atoms with E-state index in [1.54, 1.807) is 6.08 Å². The molecule has 0 atom stereocenters. The van der Waals surface area contributed by atoms with Crippen molar-refractivity contribution in [3.63, 3.8) is 0 Å². The number of hydrogen-bond donors (Lipinski definition) is 1. The first-order valence-electron chi connectivity index (χ1n) is 7.64. The summed E-state index contributed by atoms with van der Waals surface area (Å²) in [6.45, 7) is 6.13. The van der Waals surface area contributed by atoms with Gasteiger partial charge in [0.15, 0.2) is 0 Å². The second kappa shape index (κ2) is 7.46. The largest absolute Gasteiger partial charge is 0.493 e. The van der Waals surface area contributed by atoms with Crippen LogP contribution >= 0.6 is 0 Å². The Hall–Kier alpha value is -2.80. The summed E-state index contributed by atoms with van der Waals surface area (Å²) in [5.41, 5.74) is 0.816. The molecule has 0 spiro atoms. The summed E-state index contributed by atoms with van der Waals surface area (Å²) >= 11 is 0. The maximum atomic E-state index is 12.2. The third kappa shape index (κ3) is 3.89. The van der Waals surface area contributed by atoms with Crippen LogP contribution in [0.25, 0.3) is 16.8 Å². The Morgan fingerprint density at radius 3 is 2.70 bits per heavy atom. The number of hydrogen-bond acceptors (Lipinski definition) is 3. The van der Waals surface area contributed by atoms with E-state index in [9.17, 15) is 10.1 Å². The molecule has 2 aromatic rings. The van der Waals surface area contributed by atoms with Crippen molar-refractivity contribution in [1.29, 1.82) is 5.26 Å². The van der Waals surface area contributed by atoms with Gasteiger partial charge in [0.1, 0.15) is 17.4 Å². The highest BCUT2D eigenvalue weighted by atomic mass is 16.5. The molecule has 1 amide bonds. The molecule has 0 radical (unpaired) electrons. The minimum Gasteiger partial charge on any atom is -0.493 e. The van der Waals surface area contributed by atoms with E-state index in [2.05, 4.69) is 5.32 Å². The number of amides is 1. The van der Waals surface area contributed by atoms with Crippen molar-refractivity contribution in [3.05, 3.63) is 47.5 Å². The van der Waals surface area contributed by atoms with E-state index < -0.39 is 0 Å². The van der Waals surface area contributed by atoms with Gasteiger partial charge in [0.2, 0.25) is 0 Å². The first kappa shape index (κ1) is 16.6. The van der Waals surface area contributed by atoms with Crippen molar-refractivity contribution in [2.45, 2.75) is 26.8 Å². The number of carbonyl (C=O) groups excluding carboxylic acids is 1. The van der Waals surface area contributed by atoms with Gasteiger partial charge in [0.05, 0.1) is 6.61 Å². The van der Waals surface area contributed by atoms with E-state index in [-0.39, 0.29) is 17.5 Å². The molecule has 0 unspecified atom stereocenters. The highest BCUT2D eigenvalue weighted by Gasteiger charge is 2.13. The molecule has 2 rings (SSSR count). The molecular weight excluding hydrogens is 288 g/mol. The maximum absolute atomic E-state index is 12.2. The maximum Gasteiger partial charge on any atom is 0.262 e. The summed E-state index contributed by atoms with van der Waals surface area (Å²) < 4.78 is 5.67. The van der Waals surface area contributed by atoms with Crippen LogP contribution in [0.3, 0.4) is 0 Å². The smallest absolute Gasteiger partial charge is 0.262 e. The average Bonchev–Trinajstić information content (AvgIpc) is 2.53. The van der Waals surface area contributed by atoms with Gasteiger partial charge in [-0.3, -0.25) is 4.79 Å². The van der Waals surface area contributed by atoms with Crippen LogP contribution in [0.4, 0.5) is 0 Å². The molecule has 0 aromatic heterocycles. The summed E-state index contributed by atoms with van der Waals surface area (Å²) in [5, 5.41) is 14.1. The van der Waals surface area contributed by atoms with E-state index in [1.165, 1.54) is 0 Å². The monoisotopic (exact) mass is 308 g/mol.